The molecule has 1 aromatic rings. The fourth-order valence-electron chi connectivity index (χ4n) is 1.18. The standard InChI is InChI=1S/C10H14N2O3/c1-4-8-7(10(13)14)5-11-9(12-8)6(2)15-3/h5-6H,4H2,1-3H3,(H,13,14). The van der Waals surface area contributed by atoms with E-state index in [0.717, 1.165) is 0 Å². The van der Waals surface area contributed by atoms with Crippen molar-refractivity contribution in [3.63, 3.8) is 0 Å². The molecule has 82 valence electrons. The summed E-state index contributed by atoms with van der Waals surface area (Å²) in [6.45, 7) is 3.67. The SMILES string of the molecule is CCc1nc(C(C)OC)ncc1C(=O)O. The van der Waals surface area contributed by atoms with Crippen molar-refractivity contribution in [3.8, 4) is 0 Å². The lowest BCUT2D eigenvalue weighted by Gasteiger charge is -2.10. The molecule has 0 aliphatic rings. The first-order chi connectivity index (χ1) is 7.10. The summed E-state index contributed by atoms with van der Waals surface area (Å²) in [5.41, 5.74) is 0.695. The van der Waals surface area contributed by atoms with Crippen molar-refractivity contribution in [2.24, 2.45) is 0 Å². The third-order valence-corrected chi connectivity index (χ3v) is 2.17. The molecule has 1 rings (SSSR count). The lowest BCUT2D eigenvalue weighted by Crippen LogP contribution is -2.10. The monoisotopic (exact) mass is 210 g/mol. The molecule has 0 amide bonds. The molecule has 1 atom stereocenters. The highest BCUT2D eigenvalue weighted by atomic mass is 16.5. The number of aromatic carboxylic acids is 1. The lowest BCUT2D eigenvalue weighted by molar-refractivity contribution is 0.0693. The van der Waals surface area contributed by atoms with Gasteiger partial charge in [-0.1, -0.05) is 6.92 Å². The molecule has 1 unspecified atom stereocenters. The molecule has 1 heterocycles. The second-order valence-corrected chi connectivity index (χ2v) is 3.13. The Morgan fingerprint density at radius 2 is 2.33 bits per heavy atom. The molecular weight excluding hydrogens is 196 g/mol. The van der Waals surface area contributed by atoms with Gasteiger partial charge in [-0.15, -0.1) is 0 Å². The fourth-order valence-corrected chi connectivity index (χ4v) is 1.18. The van der Waals surface area contributed by atoms with Gasteiger partial charge in [-0.3, -0.25) is 0 Å². The number of hydrogen-bond donors (Lipinski definition) is 1. The number of aromatic nitrogens is 2. The number of aryl methyl sites for hydroxylation is 1. The molecule has 1 N–H and O–H groups in total. The summed E-state index contributed by atoms with van der Waals surface area (Å²) < 4.78 is 5.06. The first-order valence-corrected chi connectivity index (χ1v) is 4.72. The Morgan fingerprint density at radius 1 is 1.67 bits per heavy atom. The van der Waals surface area contributed by atoms with Crippen LogP contribution in [0.5, 0.6) is 0 Å². The van der Waals surface area contributed by atoms with Crippen LogP contribution in [0.4, 0.5) is 0 Å². The highest BCUT2D eigenvalue weighted by Gasteiger charge is 2.14. The van der Waals surface area contributed by atoms with E-state index in [1.807, 2.05) is 13.8 Å². The summed E-state index contributed by atoms with van der Waals surface area (Å²) in [6, 6.07) is 0. The zero-order valence-electron chi connectivity index (χ0n) is 9.02. The Balaban J connectivity index is 3.13. The van der Waals surface area contributed by atoms with Crippen molar-refractivity contribution in [1.82, 2.24) is 9.97 Å². The molecule has 1 aromatic heterocycles. The highest BCUT2D eigenvalue weighted by Crippen LogP contribution is 2.13. The maximum absolute atomic E-state index is 10.8. The van der Waals surface area contributed by atoms with Gasteiger partial charge in [0.1, 0.15) is 6.10 Å². The minimum absolute atomic E-state index is 0.157. The zero-order chi connectivity index (χ0) is 11.4. The van der Waals surface area contributed by atoms with Crippen LogP contribution in [-0.2, 0) is 11.2 Å². The Hall–Kier alpha value is -1.49. The number of carbonyl (C=O) groups is 1. The van der Waals surface area contributed by atoms with E-state index >= 15 is 0 Å². The van der Waals surface area contributed by atoms with Crippen molar-refractivity contribution in [3.05, 3.63) is 23.3 Å². The largest absolute Gasteiger partial charge is 0.478 e. The van der Waals surface area contributed by atoms with E-state index in [1.54, 1.807) is 7.11 Å². The van der Waals surface area contributed by atoms with E-state index in [2.05, 4.69) is 9.97 Å². The summed E-state index contributed by atoms with van der Waals surface area (Å²) in [4.78, 5) is 18.9. The number of carboxylic acids is 1. The molecular formula is C10H14N2O3. The van der Waals surface area contributed by atoms with Crippen LogP contribution in [0.2, 0.25) is 0 Å². The Labute approximate surface area is 88.1 Å². The Kier molecular flexibility index (Phi) is 3.74. The minimum atomic E-state index is -0.997. The molecule has 0 fully saturated rings. The molecule has 5 heteroatoms. The van der Waals surface area contributed by atoms with Gasteiger partial charge in [0.25, 0.3) is 0 Å². The van der Waals surface area contributed by atoms with E-state index < -0.39 is 5.97 Å². The maximum Gasteiger partial charge on any atom is 0.339 e. The third kappa shape index (κ3) is 2.50. The smallest absolute Gasteiger partial charge is 0.339 e. The van der Waals surface area contributed by atoms with Crippen molar-refractivity contribution in [1.29, 1.82) is 0 Å². The topological polar surface area (TPSA) is 72.3 Å². The molecule has 5 nitrogen and oxygen atoms in total. The second kappa shape index (κ2) is 4.84. The highest BCUT2D eigenvalue weighted by molar-refractivity contribution is 5.88. The van der Waals surface area contributed by atoms with Gasteiger partial charge in [0.05, 0.1) is 11.3 Å². The molecule has 0 bridgehead atoms. The molecule has 0 radical (unpaired) electrons. The quantitative estimate of drug-likeness (QED) is 0.814. The van der Waals surface area contributed by atoms with Crippen LogP contribution in [-0.4, -0.2) is 28.2 Å². The first kappa shape index (κ1) is 11.6. The summed E-state index contributed by atoms with van der Waals surface area (Å²) in [5, 5.41) is 8.87. The average molecular weight is 210 g/mol. The second-order valence-electron chi connectivity index (χ2n) is 3.13. The minimum Gasteiger partial charge on any atom is -0.478 e. The van der Waals surface area contributed by atoms with Gasteiger partial charge in [-0.2, -0.15) is 0 Å². The molecule has 0 saturated carbocycles. The van der Waals surface area contributed by atoms with Gasteiger partial charge in [-0.25, -0.2) is 14.8 Å². The summed E-state index contributed by atoms with van der Waals surface area (Å²) in [6.07, 6.45) is 1.67. The number of nitrogens with zero attached hydrogens (tertiary/aromatic N) is 2. The predicted octanol–water partition coefficient (Wildman–Crippen LogP) is 1.44. The van der Waals surface area contributed by atoms with Crippen LogP contribution >= 0.6 is 0 Å². The molecule has 15 heavy (non-hydrogen) atoms. The van der Waals surface area contributed by atoms with Gasteiger partial charge in [0, 0.05) is 13.3 Å². The fraction of sp³-hybridized carbons (Fsp3) is 0.500. The van der Waals surface area contributed by atoms with Crippen molar-refractivity contribution < 1.29 is 14.6 Å². The van der Waals surface area contributed by atoms with Crippen molar-refractivity contribution >= 4 is 5.97 Å². The zero-order valence-corrected chi connectivity index (χ0v) is 9.02. The Bertz CT molecular complexity index is 366. The van der Waals surface area contributed by atoms with E-state index in [0.29, 0.717) is 17.9 Å². The average Bonchev–Trinajstić information content (AvgIpc) is 2.26. The van der Waals surface area contributed by atoms with Crippen LogP contribution in [0.3, 0.4) is 0 Å². The summed E-state index contributed by atoms with van der Waals surface area (Å²) in [5.74, 6) is -0.484. The summed E-state index contributed by atoms with van der Waals surface area (Å²) in [7, 11) is 1.56. The van der Waals surface area contributed by atoms with E-state index in [-0.39, 0.29) is 11.7 Å². The van der Waals surface area contributed by atoms with E-state index in [4.69, 9.17) is 9.84 Å². The van der Waals surface area contributed by atoms with Crippen LogP contribution in [0.1, 0.15) is 41.8 Å². The molecule has 0 aliphatic carbocycles. The number of rotatable bonds is 4. The van der Waals surface area contributed by atoms with Gasteiger partial charge in [0.2, 0.25) is 0 Å². The van der Waals surface area contributed by atoms with Gasteiger partial charge in [0.15, 0.2) is 5.82 Å². The van der Waals surface area contributed by atoms with Crippen LogP contribution in [0, 0.1) is 0 Å². The van der Waals surface area contributed by atoms with Gasteiger partial charge in [-0.05, 0) is 13.3 Å². The number of methoxy groups -OCH3 is 1. The number of carboxylic acid groups (broad SMARTS) is 1. The van der Waals surface area contributed by atoms with Crippen LogP contribution in [0.15, 0.2) is 6.20 Å². The van der Waals surface area contributed by atoms with Gasteiger partial charge < -0.3 is 9.84 Å². The van der Waals surface area contributed by atoms with Crippen molar-refractivity contribution in [2.75, 3.05) is 7.11 Å². The normalized spacial score (nSPS) is 12.5. The maximum atomic E-state index is 10.8. The van der Waals surface area contributed by atoms with Crippen LogP contribution in [0.25, 0.3) is 0 Å². The van der Waals surface area contributed by atoms with E-state index in [1.165, 1.54) is 6.20 Å². The van der Waals surface area contributed by atoms with E-state index in [9.17, 15) is 4.79 Å². The predicted molar refractivity (Wildman–Crippen MR) is 53.8 cm³/mol. The lowest BCUT2D eigenvalue weighted by atomic mass is 10.2. The molecule has 0 saturated heterocycles. The molecule has 0 aromatic carbocycles. The Morgan fingerprint density at radius 3 is 2.80 bits per heavy atom. The summed E-state index contributed by atoms with van der Waals surface area (Å²) >= 11 is 0. The molecule has 0 aliphatic heterocycles. The first-order valence-electron chi connectivity index (χ1n) is 4.72. The molecule has 0 spiro atoms. The van der Waals surface area contributed by atoms with Gasteiger partial charge >= 0.3 is 5.97 Å². The number of ether oxygens (including phenoxy) is 1. The third-order valence-electron chi connectivity index (χ3n) is 2.17. The van der Waals surface area contributed by atoms with Crippen LogP contribution < -0.4 is 0 Å². The number of hydrogen-bond acceptors (Lipinski definition) is 4. The van der Waals surface area contributed by atoms with Crippen molar-refractivity contribution in [2.45, 2.75) is 26.4 Å².